The minimum atomic E-state index is 0.519. The topological polar surface area (TPSA) is 24.5 Å². The van der Waals surface area contributed by atoms with Crippen LogP contribution >= 0.6 is 0 Å². The van der Waals surface area contributed by atoms with Gasteiger partial charge in [-0.15, -0.1) is 0 Å². The third-order valence-corrected chi connectivity index (χ3v) is 4.31. The number of hydrogen-bond acceptors (Lipinski definition) is 3. The molecule has 1 aromatic rings. The summed E-state index contributed by atoms with van der Waals surface area (Å²) in [5.41, 5.74) is 1.42. The van der Waals surface area contributed by atoms with Crippen molar-refractivity contribution in [1.82, 2.24) is 10.2 Å². The number of likely N-dealkylation sites (tertiary alicyclic amines) is 1. The normalized spacial score (nSPS) is 18.8. The zero-order valence-electron chi connectivity index (χ0n) is 13.6. The quantitative estimate of drug-likeness (QED) is 0.796. The summed E-state index contributed by atoms with van der Waals surface area (Å²) in [5, 5.41) is 3.79. The molecule has 1 unspecified atom stereocenters. The maximum Gasteiger partial charge on any atom is 0.0615 e. The molecule has 3 nitrogen and oxygen atoms in total. The van der Waals surface area contributed by atoms with Gasteiger partial charge in [0.05, 0.1) is 6.61 Å². The van der Waals surface area contributed by atoms with Crippen LogP contribution < -0.4 is 5.32 Å². The Kier molecular flexibility index (Phi) is 7.20. The van der Waals surface area contributed by atoms with Crippen LogP contribution in [0.1, 0.15) is 38.2 Å². The first-order valence-corrected chi connectivity index (χ1v) is 8.33. The zero-order valence-corrected chi connectivity index (χ0v) is 13.6. The highest BCUT2D eigenvalue weighted by molar-refractivity contribution is 5.14. The molecule has 0 aromatic heterocycles. The van der Waals surface area contributed by atoms with Crippen molar-refractivity contribution in [3.05, 3.63) is 35.9 Å². The largest absolute Gasteiger partial charge is 0.383 e. The van der Waals surface area contributed by atoms with Crippen molar-refractivity contribution < 1.29 is 4.74 Å². The first kappa shape index (κ1) is 16.5. The van der Waals surface area contributed by atoms with Gasteiger partial charge in [0.1, 0.15) is 0 Å². The van der Waals surface area contributed by atoms with Gasteiger partial charge in [-0.3, -0.25) is 4.90 Å². The summed E-state index contributed by atoms with van der Waals surface area (Å²) < 4.78 is 5.33. The van der Waals surface area contributed by atoms with Crippen LogP contribution in [0.4, 0.5) is 0 Å². The third kappa shape index (κ3) is 5.77. The summed E-state index contributed by atoms with van der Waals surface area (Å²) in [7, 11) is 1.80. The Morgan fingerprint density at radius 3 is 2.57 bits per heavy atom. The minimum absolute atomic E-state index is 0.519. The predicted octanol–water partition coefficient (Wildman–Crippen LogP) is 3.06. The van der Waals surface area contributed by atoms with Gasteiger partial charge in [-0.1, -0.05) is 43.7 Å². The number of nitrogens with one attached hydrogen (secondary N) is 1. The molecule has 0 radical (unpaired) electrons. The molecule has 1 aromatic carbocycles. The molecule has 1 aliphatic rings. The van der Waals surface area contributed by atoms with Gasteiger partial charge in [-0.2, -0.15) is 0 Å². The Morgan fingerprint density at radius 1 is 1.24 bits per heavy atom. The highest BCUT2D eigenvalue weighted by Gasteiger charge is 2.21. The van der Waals surface area contributed by atoms with Crippen molar-refractivity contribution in [3.63, 3.8) is 0 Å². The Bertz CT molecular complexity index is 368. The van der Waals surface area contributed by atoms with Crippen LogP contribution in [0.3, 0.4) is 0 Å². The second-order valence-electron chi connectivity index (χ2n) is 6.14. The van der Waals surface area contributed by atoms with Crippen LogP contribution in [0.25, 0.3) is 0 Å². The van der Waals surface area contributed by atoms with E-state index in [2.05, 4.69) is 47.5 Å². The number of methoxy groups -OCH3 is 1. The van der Waals surface area contributed by atoms with Gasteiger partial charge in [0.25, 0.3) is 0 Å². The fourth-order valence-corrected chi connectivity index (χ4v) is 3.20. The van der Waals surface area contributed by atoms with Crippen LogP contribution in [0, 0.1) is 0 Å². The Hall–Kier alpha value is -0.900. The van der Waals surface area contributed by atoms with Gasteiger partial charge in [0.15, 0.2) is 0 Å². The van der Waals surface area contributed by atoms with Crippen molar-refractivity contribution in [3.8, 4) is 0 Å². The van der Waals surface area contributed by atoms with Gasteiger partial charge < -0.3 is 10.1 Å². The molecule has 21 heavy (non-hydrogen) atoms. The highest BCUT2D eigenvalue weighted by Crippen LogP contribution is 2.15. The summed E-state index contributed by atoms with van der Waals surface area (Å²) in [6, 6.07) is 12.0. The molecule has 1 fully saturated rings. The molecule has 0 amide bonds. The van der Waals surface area contributed by atoms with Crippen molar-refractivity contribution in [1.29, 1.82) is 0 Å². The molecule has 0 aliphatic carbocycles. The summed E-state index contributed by atoms with van der Waals surface area (Å²) in [6.07, 6.45) is 4.92. The van der Waals surface area contributed by atoms with Gasteiger partial charge in [0.2, 0.25) is 0 Å². The maximum atomic E-state index is 5.33. The number of nitrogens with zero attached hydrogens (tertiary/aromatic N) is 1. The predicted molar refractivity (Wildman–Crippen MR) is 88.4 cm³/mol. The lowest BCUT2D eigenvalue weighted by Gasteiger charge is -2.34. The van der Waals surface area contributed by atoms with E-state index in [4.69, 9.17) is 4.74 Å². The van der Waals surface area contributed by atoms with Gasteiger partial charge in [-0.25, -0.2) is 0 Å². The van der Waals surface area contributed by atoms with E-state index in [9.17, 15) is 0 Å². The molecular weight excluding hydrogens is 260 g/mol. The number of benzene rings is 1. The number of ether oxygens (including phenoxy) is 1. The van der Waals surface area contributed by atoms with Crippen molar-refractivity contribution in [2.45, 2.75) is 51.2 Å². The van der Waals surface area contributed by atoms with E-state index >= 15 is 0 Å². The lowest BCUT2D eigenvalue weighted by atomic mass is 10.0. The van der Waals surface area contributed by atoms with Gasteiger partial charge in [-0.05, 0) is 37.9 Å². The first-order valence-electron chi connectivity index (χ1n) is 8.33. The molecule has 3 heteroatoms. The Balaban J connectivity index is 1.72. The molecule has 118 valence electrons. The first-order chi connectivity index (χ1) is 10.3. The smallest absolute Gasteiger partial charge is 0.0615 e. The minimum Gasteiger partial charge on any atom is -0.383 e. The maximum absolute atomic E-state index is 5.33. The van der Waals surface area contributed by atoms with Crippen molar-refractivity contribution in [2.75, 3.05) is 26.8 Å². The number of piperidine rings is 1. The molecule has 2 rings (SSSR count). The number of hydrogen-bond donors (Lipinski definition) is 1. The van der Waals surface area contributed by atoms with Crippen LogP contribution in [0.15, 0.2) is 30.3 Å². The molecule has 1 heterocycles. The zero-order chi connectivity index (χ0) is 14.9. The lowest BCUT2D eigenvalue weighted by molar-refractivity contribution is 0.136. The molecule has 1 aliphatic heterocycles. The van der Waals surface area contributed by atoms with Crippen molar-refractivity contribution in [2.24, 2.45) is 0 Å². The Labute approximate surface area is 129 Å². The van der Waals surface area contributed by atoms with E-state index in [0.717, 1.165) is 13.2 Å². The molecule has 1 atom stereocenters. The van der Waals surface area contributed by atoms with Crippen molar-refractivity contribution >= 4 is 0 Å². The fraction of sp³-hybridized carbons (Fsp3) is 0.667. The standard InChI is InChI=1S/C18H30N2O/c1-3-7-18(15-21-2)19-17-10-12-20(13-11-17)14-16-8-5-4-6-9-16/h4-6,8-9,17-19H,3,7,10-15H2,1-2H3. The summed E-state index contributed by atoms with van der Waals surface area (Å²) in [6.45, 7) is 6.55. The van der Waals surface area contributed by atoms with Crippen LogP contribution in [0.2, 0.25) is 0 Å². The highest BCUT2D eigenvalue weighted by atomic mass is 16.5. The van der Waals surface area contributed by atoms with E-state index in [1.54, 1.807) is 7.11 Å². The van der Waals surface area contributed by atoms with Crippen LogP contribution in [-0.4, -0.2) is 43.8 Å². The summed E-state index contributed by atoms with van der Waals surface area (Å²) in [4.78, 5) is 2.57. The Morgan fingerprint density at radius 2 is 1.95 bits per heavy atom. The average Bonchev–Trinajstić information content (AvgIpc) is 2.51. The molecule has 0 bridgehead atoms. The number of rotatable bonds is 8. The fourth-order valence-electron chi connectivity index (χ4n) is 3.20. The SMILES string of the molecule is CCCC(COC)NC1CCN(Cc2ccccc2)CC1. The monoisotopic (exact) mass is 290 g/mol. The second-order valence-corrected chi connectivity index (χ2v) is 6.14. The van der Waals surface area contributed by atoms with Gasteiger partial charge in [0, 0.05) is 25.7 Å². The molecule has 0 saturated carbocycles. The molecular formula is C18H30N2O. The molecule has 1 saturated heterocycles. The summed E-state index contributed by atoms with van der Waals surface area (Å²) in [5.74, 6) is 0. The van der Waals surface area contributed by atoms with E-state index in [1.165, 1.54) is 44.3 Å². The van der Waals surface area contributed by atoms with E-state index in [0.29, 0.717) is 12.1 Å². The summed E-state index contributed by atoms with van der Waals surface area (Å²) >= 11 is 0. The van der Waals surface area contributed by atoms with Crippen LogP contribution in [0.5, 0.6) is 0 Å². The van der Waals surface area contributed by atoms with E-state index in [1.807, 2.05) is 0 Å². The second kappa shape index (κ2) is 9.19. The van der Waals surface area contributed by atoms with E-state index in [-0.39, 0.29) is 0 Å². The molecule has 1 N–H and O–H groups in total. The van der Waals surface area contributed by atoms with Gasteiger partial charge >= 0.3 is 0 Å². The van der Waals surface area contributed by atoms with Crippen LogP contribution in [-0.2, 0) is 11.3 Å². The third-order valence-electron chi connectivity index (χ3n) is 4.31. The molecule has 0 spiro atoms. The lowest BCUT2D eigenvalue weighted by Crippen LogP contribution is -2.47. The van der Waals surface area contributed by atoms with E-state index < -0.39 is 0 Å². The average molecular weight is 290 g/mol.